The molecular weight excluding hydrogens is 448 g/mol. The monoisotopic (exact) mass is 474 g/mol. The average molecular weight is 475 g/mol. The fraction of sp³-hybridized carbons (Fsp3) is 0.269. The van der Waals surface area contributed by atoms with Crippen LogP contribution in [0.3, 0.4) is 0 Å². The highest BCUT2D eigenvalue weighted by Crippen LogP contribution is 2.32. The van der Waals surface area contributed by atoms with Gasteiger partial charge in [0.15, 0.2) is 5.88 Å². The lowest BCUT2D eigenvalue weighted by molar-refractivity contribution is -0.127. The minimum Gasteiger partial charge on any atom is -0.482 e. The second-order valence-electron chi connectivity index (χ2n) is 8.28. The fourth-order valence-electron chi connectivity index (χ4n) is 4.32. The quantitative estimate of drug-likeness (QED) is 0.382. The van der Waals surface area contributed by atoms with E-state index in [1.54, 1.807) is 7.11 Å². The third-order valence-corrected chi connectivity index (χ3v) is 7.00. The minimum atomic E-state index is -0.101. The number of pyridine rings is 1. The predicted molar refractivity (Wildman–Crippen MR) is 133 cm³/mol. The first-order valence-electron chi connectivity index (χ1n) is 11.4. The van der Waals surface area contributed by atoms with Crippen molar-refractivity contribution >= 4 is 28.8 Å². The molecule has 34 heavy (non-hydrogen) atoms. The van der Waals surface area contributed by atoms with Crippen LogP contribution in [0.2, 0.25) is 0 Å². The van der Waals surface area contributed by atoms with Crippen molar-refractivity contribution in [1.82, 2.24) is 19.6 Å². The summed E-state index contributed by atoms with van der Waals surface area (Å²) >= 11 is 1.40. The molecule has 0 unspecified atom stereocenters. The van der Waals surface area contributed by atoms with E-state index in [9.17, 15) is 9.59 Å². The molecule has 0 bridgehead atoms. The summed E-state index contributed by atoms with van der Waals surface area (Å²) in [6.07, 6.45) is 4.14. The second-order valence-corrected chi connectivity index (χ2v) is 9.19. The zero-order valence-electron chi connectivity index (χ0n) is 19.0. The number of hydrogen-bond acceptors (Lipinski definition) is 5. The standard InChI is InChI=1S/C26H26N4O3S/c1-33-25-15-19(18-7-3-2-4-8-18)14-23-28-16-21(30(23)25)20-13-22(34-17-20)26(32)27-10-6-12-29-11-5-9-24(29)31/h2-4,7-8,13-17H,5-6,9-12H2,1H3,(H,27,32). The maximum atomic E-state index is 12.6. The van der Waals surface area contributed by atoms with Gasteiger partial charge in [0.2, 0.25) is 5.91 Å². The van der Waals surface area contributed by atoms with Crippen LogP contribution in [0.15, 0.2) is 60.1 Å². The van der Waals surface area contributed by atoms with Crippen LogP contribution in [0.4, 0.5) is 0 Å². The molecule has 0 aliphatic carbocycles. The first kappa shape index (κ1) is 22.2. The molecule has 0 saturated carbocycles. The topological polar surface area (TPSA) is 75.9 Å². The molecular formula is C26H26N4O3S. The maximum absolute atomic E-state index is 12.6. The minimum absolute atomic E-state index is 0.101. The van der Waals surface area contributed by atoms with Gasteiger partial charge >= 0.3 is 0 Å². The number of thiophene rings is 1. The summed E-state index contributed by atoms with van der Waals surface area (Å²) < 4.78 is 7.66. The van der Waals surface area contributed by atoms with E-state index in [-0.39, 0.29) is 11.8 Å². The normalized spacial score (nSPS) is 13.6. The third-order valence-electron chi connectivity index (χ3n) is 6.07. The summed E-state index contributed by atoms with van der Waals surface area (Å²) in [5, 5.41) is 4.93. The number of hydrogen-bond donors (Lipinski definition) is 1. The van der Waals surface area contributed by atoms with Crippen LogP contribution in [0.5, 0.6) is 5.88 Å². The number of rotatable bonds is 8. The van der Waals surface area contributed by atoms with E-state index >= 15 is 0 Å². The largest absolute Gasteiger partial charge is 0.482 e. The predicted octanol–water partition coefficient (Wildman–Crippen LogP) is 4.48. The number of likely N-dealkylation sites (tertiary alicyclic amines) is 1. The van der Waals surface area contributed by atoms with Crippen LogP contribution < -0.4 is 10.1 Å². The first-order chi connectivity index (χ1) is 16.6. The van der Waals surface area contributed by atoms with Crippen LogP contribution in [0.1, 0.15) is 28.9 Å². The first-order valence-corrected chi connectivity index (χ1v) is 12.3. The number of aromatic nitrogens is 2. The van der Waals surface area contributed by atoms with E-state index in [2.05, 4.69) is 22.4 Å². The van der Waals surface area contributed by atoms with Crippen molar-refractivity contribution in [3.05, 3.63) is 65.0 Å². The van der Waals surface area contributed by atoms with Gasteiger partial charge in [-0.3, -0.25) is 14.0 Å². The van der Waals surface area contributed by atoms with E-state index in [4.69, 9.17) is 4.74 Å². The van der Waals surface area contributed by atoms with Gasteiger partial charge in [0, 0.05) is 43.1 Å². The molecule has 3 aromatic heterocycles. The lowest BCUT2D eigenvalue weighted by Gasteiger charge is -2.15. The van der Waals surface area contributed by atoms with Crippen LogP contribution in [0.25, 0.3) is 28.0 Å². The van der Waals surface area contributed by atoms with Crippen molar-refractivity contribution in [2.24, 2.45) is 0 Å². The molecule has 0 spiro atoms. The molecule has 1 fully saturated rings. The van der Waals surface area contributed by atoms with E-state index in [1.807, 2.05) is 57.3 Å². The summed E-state index contributed by atoms with van der Waals surface area (Å²) in [5.41, 5.74) is 4.69. The molecule has 1 aliphatic heterocycles. The van der Waals surface area contributed by atoms with Crippen LogP contribution in [0, 0.1) is 0 Å². The Balaban J connectivity index is 1.31. The number of imidazole rings is 1. The zero-order valence-corrected chi connectivity index (χ0v) is 19.8. The molecule has 1 N–H and O–H groups in total. The molecule has 1 saturated heterocycles. The molecule has 4 heterocycles. The van der Waals surface area contributed by atoms with Gasteiger partial charge in [-0.05, 0) is 36.1 Å². The SMILES string of the molecule is COc1cc(-c2ccccc2)cc2ncc(-c3csc(C(=O)NCCCN4CCCC4=O)c3)n12. The molecule has 1 aliphatic rings. The fourth-order valence-corrected chi connectivity index (χ4v) is 5.14. The Labute approximate surface area is 202 Å². The molecule has 1 aromatic carbocycles. The Morgan fingerprint density at radius 3 is 2.76 bits per heavy atom. The van der Waals surface area contributed by atoms with Crippen LogP contribution in [-0.2, 0) is 4.79 Å². The second kappa shape index (κ2) is 9.69. The number of amides is 2. The molecule has 7 nitrogen and oxygen atoms in total. The van der Waals surface area contributed by atoms with Crippen LogP contribution >= 0.6 is 11.3 Å². The van der Waals surface area contributed by atoms with Crippen molar-refractivity contribution in [2.75, 3.05) is 26.7 Å². The van der Waals surface area contributed by atoms with E-state index < -0.39 is 0 Å². The Bertz CT molecular complexity index is 1330. The molecule has 0 atom stereocenters. The summed E-state index contributed by atoms with van der Waals surface area (Å²) in [6.45, 7) is 2.07. The summed E-state index contributed by atoms with van der Waals surface area (Å²) in [4.78, 5) is 31.5. The third kappa shape index (κ3) is 4.41. The highest BCUT2D eigenvalue weighted by Gasteiger charge is 2.19. The smallest absolute Gasteiger partial charge is 0.261 e. The van der Waals surface area contributed by atoms with E-state index in [1.165, 1.54) is 11.3 Å². The molecule has 5 rings (SSSR count). The summed E-state index contributed by atoms with van der Waals surface area (Å²) in [5.74, 6) is 0.794. The van der Waals surface area contributed by atoms with E-state index in [0.29, 0.717) is 30.3 Å². The Morgan fingerprint density at radius 2 is 2.00 bits per heavy atom. The van der Waals surface area contributed by atoms with Crippen molar-refractivity contribution in [3.63, 3.8) is 0 Å². The lowest BCUT2D eigenvalue weighted by Crippen LogP contribution is -2.30. The highest BCUT2D eigenvalue weighted by molar-refractivity contribution is 7.12. The molecule has 174 valence electrons. The zero-order chi connectivity index (χ0) is 23.5. The number of methoxy groups -OCH3 is 1. The molecule has 4 aromatic rings. The van der Waals surface area contributed by atoms with Crippen molar-refractivity contribution in [1.29, 1.82) is 0 Å². The van der Waals surface area contributed by atoms with Gasteiger partial charge < -0.3 is 15.0 Å². The Morgan fingerprint density at radius 1 is 1.15 bits per heavy atom. The summed E-state index contributed by atoms with van der Waals surface area (Å²) in [6, 6.07) is 16.0. The van der Waals surface area contributed by atoms with Gasteiger partial charge in [0.1, 0.15) is 5.65 Å². The van der Waals surface area contributed by atoms with Gasteiger partial charge in [-0.25, -0.2) is 4.98 Å². The van der Waals surface area contributed by atoms with Crippen molar-refractivity contribution in [3.8, 4) is 28.3 Å². The summed E-state index contributed by atoms with van der Waals surface area (Å²) in [7, 11) is 1.65. The Kier molecular flexibility index (Phi) is 6.31. The van der Waals surface area contributed by atoms with Gasteiger partial charge in [-0.1, -0.05) is 30.3 Å². The number of benzene rings is 1. The maximum Gasteiger partial charge on any atom is 0.261 e. The van der Waals surface area contributed by atoms with Gasteiger partial charge in [0.25, 0.3) is 5.91 Å². The van der Waals surface area contributed by atoms with Gasteiger partial charge in [-0.15, -0.1) is 11.3 Å². The Hall–Kier alpha value is -3.65. The van der Waals surface area contributed by atoms with E-state index in [0.717, 1.165) is 47.4 Å². The van der Waals surface area contributed by atoms with Gasteiger partial charge in [-0.2, -0.15) is 0 Å². The van der Waals surface area contributed by atoms with Crippen LogP contribution in [-0.4, -0.2) is 52.8 Å². The van der Waals surface area contributed by atoms with Gasteiger partial charge in [0.05, 0.1) is 23.9 Å². The highest BCUT2D eigenvalue weighted by atomic mass is 32.1. The average Bonchev–Trinajstić information content (AvgIpc) is 3.61. The lowest BCUT2D eigenvalue weighted by atomic mass is 10.1. The van der Waals surface area contributed by atoms with Crippen molar-refractivity contribution < 1.29 is 14.3 Å². The molecule has 8 heteroatoms. The van der Waals surface area contributed by atoms with Crippen molar-refractivity contribution in [2.45, 2.75) is 19.3 Å². The number of nitrogens with zero attached hydrogens (tertiary/aromatic N) is 3. The number of fused-ring (bicyclic) bond motifs is 1. The number of carbonyl (C=O) groups is 2. The molecule has 2 amide bonds. The number of carbonyl (C=O) groups excluding carboxylic acids is 2. The molecule has 0 radical (unpaired) electrons. The number of ether oxygens (including phenoxy) is 1. The number of nitrogens with one attached hydrogen (secondary N) is 1.